The maximum Gasteiger partial charge on any atom is 0.336 e. The molecule has 0 bridgehead atoms. The molecule has 1 unspecified atom stereocenters. The summed E-state index contributed by atoms with van der Waals surface area (Å²) in [7, 11) is 1.64. The molecule has 1 atom stereocenters. The summed E-state index contributed by atoms with van der Waals surface area (Å²) in [4.78, 5) is 10.5. The van der Waals surface area contributed by atoms with E-state index in [4.69, 9.17) is 9.84 Å². The molecule has 0 aliphatic rings. The number of nitrogens with one attached hydrogen (secondary N) is 1. The van der Waals surface area contributed by atoms with Gasteiger partial charge in [0.1, 0.15) is 0 Å². The topological polar surface area (TPSA) is 78.8 Å². The SMILES string of the molecule is COCCCCNCC(C)(O)C(=O)O. The van der Waals surface area contributed by atoms with Crippen LogP contribution in [-0.2, 0) is 9.53 Å². The van der Waals surface area contributed by atoms with E-state index in [9.17, 15) is 9.90 Å². The zero-order chi connectivity index (χ0) is 11.0. The van der Waals surface area contributed by atoms with Crippen molar-refractivity contribution >= 4 is 5.97 Å². The smallest absolute Gasteiger partial charge is 0.336 e. The van der Waals surface area contributed by atoms with Crippen LogP contribution in [0.3, 0.4) is 0 Å². The Morgan fingerprint density at radius 1 is 1.50 bits per heavy atom. The lowest BCUT2D eigenvalue weighted by Gasteiger charge is -2.18. The van der Waals surface area contributed by atoms with Crippen molar-refractivity contribution in [3.8, 4) is 0 Å². The van der Waals surface area contributed by atoms with Crippen molar-refractivity contribution in [3.63, 3.8) is 0 Å². The molecule has 0 aliphatic heterocycles. The zero-order valence-corrected chi connectivity index (χ0v) is 8.75. The third-order valence-electron chi connectivity index (χ3n) is 1.88. The second-order valence-corrected chi connectivity index (χ2v) is 3.46. The fraction of sp³-hybridized carbons (Fsp3) is 0.889. The summed E-state index contributed by atoms with van der Waals surface area (Å²) in [5.74, 6) is -1.21. The minimum Gasteiger partial charge on any atom is -0.479 e. The molecule has 0 spiro atoms. The highest BCUT2D eigenvalue weighted by atomic mass is 16.5. The lowest BCUT2D eigenvalue weighted by molar-refractivity contribution is -0.156. The summed E-state index contributed by atoms with van der Waals surface area (Å²) in [5.41, 5.74) is -1.68. The molecule has 5 heteroatoms. The maximum absolute atomic E-state index is 10.5. The number of ether oxygens (including phenoxy) is 1. The molecule has 0 aromatic carbocycles. The molecule has 0 saturated heterocycles. The number of rotatable bonds is 8. The van der Waals surface area contributed by atoms with E-state index in [1.54, 1.807) is 7.11 Å². The van der Waals surface area contributed by atoms with Crippen molar-refractivity contribution in [2.75, 3.05) is 26.8 Å². The molecule has 0 rings (SSSR count). The van der Waals surface area contributed by atoms with Gasteiger partial charge in [-0.3, -0.25) is 0 Å². The minimum absolute atomic E-state index is 0.0648. The summed E-state index contributed by atoms with van der Waals surface area (Å²) < 4.78 is 4.86. The number of hydrogen-bond acceptors (Lipinski definition) is 4. The lowest BCUT2D eigenvalue weighted by atomic mass is 10.1. The Morgan fingerprint density at radius 3 is 2.64 bits per heavy atom. The van der Waals surface area contributed by atoms with Crippen LogP contribution >= 0.6 is 0 Å². The molecule has 0 aliphatic carbocycles. The van der Waals surface area contributed by atoms with Crippen LogP contribution in [0, 0.1) is 0 Å². The van der Waals surface area contributed by atoms with Gasteiger partial charge in [-0.15, -0.1) is 0 Å². The van der Waals surface area contributed by atoms with Crippen molar-refractivity contribution in [1.29, 1.82) is 0 Å². The molecular formula is C9H19NO4. The Kier molecular flexibility index (Phi) is 6.44. The van der Waals surface area contributed by atoms with Crippen LogP contribution in [-0.4, -0.2) is 48.6 Å². The van der Waals surface area contributed by atoms with Crippen LogP contribution in [0.1, 0.15) is 19.8 Å². The largest absolute Gasteiger partial charge is 0.479 e. The van der Waals surface area contributed by atoms with Crippen LogP contribution in [0.15, 0.2) is 0 Å². The van der Waals surface area contributed by atoms with Crippen molar-refractivity contribution < 1.29 is 19.7 Å². The normalized spacial score (nSPS) is 15.1. The van der Waals surface area contributed by atoms with Gasteiger partial charge in [0, 0.05) is 20.3 Å². The monoisotopic (exact) mass is 205 g/mol. The molecule has 0 aromatic heterocycles. The van der Waals surface area contributed by atoms with E-state index < -0.39 is 11.6 Å². The number of carbonyl (C=O) groups is 1. The van der Waals surface area contributed by atoms with E-state index in [1.807, 2.05) is 0 Å². The van der Waals surface area contributed by atoms with Gasteiger partial charge in [-0.25, -0.2) is 4.79 Å². The lowest BCUT2D eigenvalue weighted by Crippen LogP contribution is -2.45. The highest BCUT2D eigenvalue weighted by Gasteiger charge is 2.28. The van der Waals surface area contributed by atoms with Gasteiger partial charge in [-0.1, -0.05) is 0 Å². The fourth-order valence-electron chi connectivity index (χ4n) is 0.904. The van der Waals surface area contributed by atoms with Crippen molar-refractivity contribution in [2.24, 2.45) is 0 Å². The number of aliphatic hydroxyl groups is 1. The first-order chi connectivity index (χ1) is 6.50. The van der Waals surface area contributed by atoms with E-state index in [-0.39, 0.29) is 6.54 Å². The van der Waals surface area contributed by atoms with Gasteiger partial charge < -0.3 is 20.3 Å². The first-order valence-electron chi connectivity index (χ1n) is 4.66. The summed E-state index contributed by atoms with van der Waals surface area (Å²) in [5, 5.41) is 20.8. The van der Waals surface area contributed by atoms with Crippen LogP contribution in [0.2, 0.25) is 0 Å². The van der Waals surface area contributed by atoms with E-state index in [1.165, 1.54) is 6.92 Å². The van der Waals surface area contributed by atoms with Gasteiger partial charge in [0.05, 0.1) is 0 Å². The molecule has 0 radical (unpaired) electrons. The number of methoxy groups -OCH3 is 1. The van der Waals surface area contributed by atoms with Gasteiger partial charge in [0.25, 0.3) is 0 Å². The number of aliphatic carboxylic acids is 1. The van der Waals surface area contributed by atoms with E-state index >= 15 is 0 Å². The molecule has 3 N–H and O–H groups in total. The van der Waals surface area contributed by atoms with Gasteiger partial charge in [0.15, 0.2) is 5.60 Å². The number of unbranched alkanes of at least 4 members (excludes halogenated alkanes) is 1. The van der Waals surface area contributed by atoms with E-state index in [0.29, 0.717) is 13.2 Å². The average molecular weight is 205 g/mol. The predicted molar refractivity (Wildman–Crippen MR) is 52.2 cm³/mol. The van der Waals surface area contributed by atoms with Gasteiger partial charge in [-0.05, 0) is 26.3 Å². The standard InChI is InChI=1S/C9H19NO4/c1-9(13,8(11)12)7-10-5-3-4-6-14-2/h10,13H,3-7H2,1-2H3,(H,11,12). The van der Waals surface area contributed by atoms with Crippen LogP contribution < -0.4 is 5.32 Å². The third kappa shape index (κ3) is 5.90. The van der Waals surface area contributed by atoms with Gasteiger partial charge in [-0.2, -0.15) is 0 Å². The Hall–Kier alpha value is -0.650. The third-order valence-corrected chi connectivity index (χ3v) is 1.88. The summed E-state index contributed by atoms with van der Waals surface area (Å²) in [6, 6.07) is 0. The summed E-state index contributed by atoms with van der Waals surface area (Å²) in [6.07, 6.45) is 1.84. The molecular weight excluding hydrogens is 186 g/mol. The predicted octanol–water partition coefficient (Wildman–Crippen LogP) is -0.162. The van der Waals surface area contributed by atoms with E-state index in [0.717, 1.165) is 12.8 Å². The molecule has 0 heterocycles. The molecule has 0 amide bonds. The van der Waals surface area contributed by atoms with Gasteiger partial charge >= 0.3 is 5.97 Å². The average Bonchev–Trinajstić information content (AvgIpc) is 2.10. The Labute approximate surface area is 84.1 Å². The highest BCUT2D eigenvalue weighted by molar-refractivity contribution is 5.76. The van der Waals surface area contributed by atoms with Crippen LogP contribution in [0.5, 0.6) is 0 Å². The Morgan fingerprint density at radius 2 is 2.14 bits per heavy atom. The summed E-state index contributed by atoms with van der Waals surface area (Å²) in [6.45, 7) is 2.73. The number of hydrogen-bond donors (Lipinski definition) is 3. The van der Waals surface area contributed by atoms with Crippen LogP contribution in [0.4, 0.5) is 0 Å². The van der Waals surface area contributed by atoms with Gasteiger partial charge in [0.2, 0.25) is 0 Å². The first kappa shape index (κ1) is 13.4. The minimum atomic E-state index is -1.68. The van der Waals surface area contributed by atoms with Crippen LogP contribution in [0.25, 0.3) is 0 Å². The Balaban J connectivity index is 3.40. The van der Waals surface area contributed by atoms with E-state index in [2.05, 4.69) is 5.32 Å². The molecule has 0 fully saturated rings. The molecule has 0 saturated carbocycles. The van der Waals surface area contributed by atoms with Crippen molar-refractivity contribution in [2.45, 2.75) is 25.4 Å². The number of carboxylic acid groups (broad SMARTS) is 1. The Bertz CT molecular complexity index is 170. The quantitative estimate of drug-likeness (QED) is 0.480. The molecule has 84 valence electrons. The highest BCUT2D eigenvalue weighted by Crippen LogP contribution is 2.00. The maximum atomic E-state index is 10.5. The first-order valence-corrected chi connectivity index (χ1v) is 4.66. The fourth-order valence-corrected chi connectivity index (χ4v) is 0.904. The van der Waals surface area contributed by atoms with Crippen molar-refractivity contribution in [3.05, 3.63) is 0 Å². The molecule has 5 nitrogen and oxygen atoms in total. The van der Waals surface area contributed by atoms with Crippen molar-refractivity contribution in [1.82, 2.24) is 5.32 Å². The second-order valence-electron chi connectivity index (χ2n) is 3.46. The molecule has 0 aromatic rings. The number of carboxylic acids is 1. The second kappa shape index (κ2) is 6.75. The molecule has 14 heavy (non-hydrogen) atoms. The zero-order valence-electron chi connectivity index (χ0n) is 8.75. The summed E-state index contributed by atoms with van der Waals surface area (Å²) >= 11 is 0.